The van der Waals surface area contributed by atoms with E-state index in [-0.39, 0.29) is 6.61 Å². The summed E-state index contributed by atoms with van der Waals surface area (Å²) in [6.07, 6.45) is 0. The molecular weight excluding hydrogens is 544 g/mol. The molecule has 6 rings (SSSR count). The van der Waals surface area contributed by atoms with E-state index in [1.165, 1.54) is 27.7 Å². The molecule has 0 bridgehead atoms. The molecule has 0 atom stereocenters. The Balaban J connectivity index is 1.29. The van der Waals surface area contributed by atoms with Gasteiger partial charge in [-0.2, -0.15) is 5.26 Å². The number of rotatable bonds is 12. The van der Waals surface area contributed by atoms with Crippen molar-refractivity contribution in [1.29, 1.82) is 5.26 Å². The molecule has 0 radical (unpaired) electrons. The lowest BCUT2D eigenvalue weighted by Gasteiger charge is -2.14. The first-order valence-electron chi connectivity index (χ1n) is 14.8. The van der Waals surface area contributed by atoms with Crippen molar-refractivity contribution in [2.75, 3.05) is 6.61 Å². The minimum Gasteiger partial charge on any atom is -0.489 e. The van der Waals surface area contributed by atoms with Crippen LogP contribution in [0.1, 0.15) is 27.8 Å². The average Bonchev–Trinajstić information content (AvgIpc) is 3.34. The fraction of sp³-hybridized carbons (Fsp3) is 0.154. The third kappa shape index (κ3) is 6.83. The molecule has 6 aromatic rings. The van der Waals surface area contributed by atoms with Crippen molar-refractivity contribution in [2.45, 2.75) is 33.3 Å². The fourth-order valence-corrected chi connectivity index (χ4v) is 5.50. The van der Waals surface area contributed by atoms with Crippen LogP contribution in [-0.4, -0.2) is 11.2 Å². The van der Waals surface area contributed by atoms with Gasteiger partial charge >= 0.3 is 0 Å². The number of aryl methyl sites for hydroxylation is 1. The van der Waals surface area contributed by atoms with Gasteiger partial charge in [-0.15, -0.1) is 0 Å². The summed E-state index contributed by atoms with van der Waals surface area (Å²) < 4.78 is 20.0. The van der Waals surface area contributed by atoms with E-state index in [2.05, 4.69) is 78.2 Å². The molecule has 0 spiro atoms. The molecule has 0 saturated heterocycles. The Morgan fingerprint density at radius 1 is 0.614 bits per heavy atom. The Bertz CT molecular complexity index is 1850. The van der Waals surface area contributed by atoms with Gasteiger partial charge in [-0.1, -0.05) is 78.9 Å². The molecule has 0 aliphatic carbocycles. The Morgan fingerprint density at radius 2 is 1.20 bits per heavy atom. The van der Waals surface area contributed by atoms with Crippen LogP contribution < -0.4 is 9.47 Å². The van der Waals surface area contributed by atoms with E-state index < -0.39 is 0 Å². The molecule has 5 nitrogen and oxygen atoms in total. The van der Waals surface area contributed by atoms with Crippen LogP contribution >= 0.6 is 0 Å². The zero-order valence-electron chi connectivity index (χ0n) is 24.8. The number of hydrogen-bond acceptors (Lipinski definition) is 4. The van der Waals surface area contributed by atoms with E-state index in [9.17, 15) is 0 Å². The summed E-state index contributed by atoms with van der Waals surface area (Å²) in [5.41, 5.74) is 9.27. The Labute approximate surface area is 258 Å². The lowest BCUT2D eigenvalue weighted by atomic mass is 10.0. The fourth-order valence-electron chi connectivity index (χ4n) is 5.50. The highest BCUT2D eigenvalue weighted by atomic mass is 16.5. The zero-order valence-corrected chi connectivity index (χ0v) is 24.8. The van der Waals surface area contributed by atoms with Crippen molar-refractivity contribution >= 4 is 10.9 Å². The first-order chi connectivity index (χ1) is 21.7. The topological polar surface area (TPSA) is 56.4 Å². The standard InChI is InChI=1S/C39H34N2O3/c1-29-37-24-33(27-42-26-31-8-4-2-5-9-31)14-21-38(37)41(25-30-12-17-35(18-13-30)43-23-22-40)39(29)34-15-19-36(20-16-34)44-28-32-10-6-3-7-11-32/h2-21,24H,23,25-28H2,1H3. The van der Waals surface area contributed by atoms with Crippen molar-refractivity contribution in [2.24, 2.45) is 0 Å². The monoisotopic (exact) mass is 578 g/mol. The number of hydrogen-bond donors (Lipinski definition) is 0. The van der Waals surface area contributed by atoms with E-state index in [1.807, 2.05) is 66.7 Å². The molecule has 0 amide bonds. The van der Waals surface area contributed by atoms with Crippen molar-refractivity contribution in [3.8, 4) is 28.8 Å². The van der Waals surface area contributed by atoms with Gasteiger partial charge in [0.15, 0.2) is 6.61 Å². The number of nitrogens with zero attached hydrogens (tertiary/aromatic N) is 2. The average molecular weight is 579 g/mol. The van der Waals surface area contributed by atoms with E-state index in [1.54, 1.807) is 0 Å². The highest BCUT2D eigenvalue weighted by Crippen LogP contribution is 2.36. The van der Waals surface area contributed by atoms with Crippen molar-refractivity contribution in [3.63, 3.8) is 0 Å². The number of aromatic nitrogens is 1. The van der Waals surface area contributed by atoms with Crippen molar-refractivity contribution in [3.05, 3.63) is 155 Å². The summed E-state index contributed by atoms with van der Waals surface area (Å²) in [7, 11) is 0. The molecule has 5 aromatic carbocycles. The van der Waals surface area contributed by atoms with Crippen molar-refractivity contribution in [1.82, 2.24) is 4.57 Å². The van der Waals surface area contributed by atoms with Crippen LogP contribution in [0.4, 0.5) is 0 Å². The van der Waals surface area contributed by atoms with Crippen LogP contribution in [-0.2, 0) is 31.1 Å². The summed E-state index contributed by atoms with van der Waals surface area (Å²) in [6.45, 7) is 4.57. The van der Waals surface area contributed by atoms with Crippen LogP contribution in [0, 0.1) is 18.3 Å². The minimum atomic E-state index is 0.0351. The first kappa shape index (κ1) is 28.8. The van der Waals surface area contributed by atoms with Crippen molar-refractivity contribution < 1.29 is 14.2 Å². The van der Waals surface area contributed by atoms with Crippen LogP contribution in [0.3, 0.4) is 0 Å². The third-order valence-electron chi connectivity index (χ3n) is 7.70. The number of fused-ring (bicyclic) bond motifs is 1. The van der Waals surface area contributed by atoms with Crippen LogP contribution in [0.2, 0.25) is 0 Å². The van der Waals surface area contributed by atoms with Crippen LogP contribution in [0.5, 0.6) is 11.5 Å². The van der Waals surface area contributed by atoms with Gasteiger partial charge in [0.25, 0.3) is 0 Å². The van der Waals surface area contributed by atoms with Gasteiger partial charge in [-0.05, 0) is 88.8 Å². The lowest BCUT2D eigenvalue weighted by Crippen LogP contribution is -2.03. The van der Waals surface area contributed by atoms with E-state index >= 15 is 0 Å². The van der Waals surface area contributed by atoms with E-state index in [4.69, 9.17) is 19.5 Å². The predicted molar refractivity (Wildman–Crippen MR) is 174 cm³/mol. The molecule has 0 fully saturated rings. The molecule has 218 valence electrons. The van der Waals surface area contributed by atoms with Crippen LogP contribution in [0.25, 0.3) is 22.2 Å². The largest absolute Gasteiger partial charge is 0.489 e. The number of benzene rings is 5. The second-order valence-electron chi connectivity index (χ2n) is 10.8. The van der Waals surface area contributed by atoms with Gasteiger partial charge in [-0.3, -0.25) is 0 Å². The summed E-state index contributed by atoms with van der Waals surface area (Å²) in [5.74, 6) is 1.53. The lowest BCUT2D eigenvalue weighted by molar-refractivity contribution is 0.107. The molecular formula is C39H34N2O3. The van der Waals surface area contributed by atoms with E-state index in [0.29, 0.717) is 32.1 Å². The minimum absolute atomic E-state index is 0.0351. The SMILES string of the molecule is Cc1c(-c2ccc(OCc3ccccc3)cc2)n(Cc2ccc(OCC#N)cc2)c2ccc(COCc3ccccc3)cc12. The number of ether oxygens (including phenoxy) is 3. The second-order valence-corrected chi connectivity index (χ2v) is 10.8. The predicted octanol–water partition coefficient (Wildman–Crippen LogP) is 8.86. The number of nitriles is 1. The maximum atomic E-state index is 8.84. The smallest absolute Gasteiger partial charge is 0.174 e. The molecule has 1 aromatic heterocycles. The molecule has 5 heteroatoms. The highest BCUT2D eigenvalue weighted by molar-refractivity contribution is 5.92. The molecule has 1 heterocycles. The molecule has 0 saturated carbocycles. The molecule has 0 aliphatic heterocycles. The van der Waals surface area contributed by atoms with E-state index in [0.717, 1.165) is 28.0 Å². The summed E-state index contributed by atoms with van der Waals surface area (Å²) in [6, 6.07) is 45.4. The third-order valence-corrected chi connectivity index (χ3v) is 7.70. The molecule has 0 aliphatic rings. The van der Waals surface area contributed by atoms with Crippen LogP contribution in [0.15, 0.2) is 127 Å². The Hall–Kier alpha value is -5.31. The molecule has 0 unspecified atom stereocenters. The molecule has 0 N–H and O–H groups in total. The van der Waals surface area contributed by atoms with Gasteiger partial charge in [0, 0.05) is 17.4 Å². The summed E-state index contributed by atoms with van der Waals surface area (Å²) >= 11 is 0. The summed E-state index contributed by atoms with van der Waals surface area (Å²) in [4.78, 5) is 0. The van der Waals surface area contributed by atoms with Gasteiger partial charge in [0.1, 0.15) is 24.2 Å². The maximum absolute atomic E-state index is 8.84. The molecule has 44 heavy (non-hydrogen) atoms. The Kier molecular flexibility index (Phi) is 9.01. The van der Waals surface area contributed by atoms with Gasteiger partial charge in [0.05, 0.1) is 18.9 Å². The zero-order chi connectivity index (χ0) is 30.1. The normalized spacial score (nSPS) is 10.9. The highest BCUT2D eigenvalue weighted by Gasteiger charge is 2.17. The maximum Gasteiger partial charge on any atom is 0.174 e. The van der Waals surface area contributed by atoms with Gasteiger partial charge in [0.2, 0.25) is 0 Å². The quantitative estimate of drug-likeness (QED) is 0.146. The second kappa shape index (κ2) is 13.8. The van der Waals surface area contributed by atoms with Gasteiger partial charge in [-0.25, -0.2) is 0 Å². The van der Waals surface area contributed by atoms with Gasteiger partial charge < -0.3 is 18.8 Å². The summed E-state index contributed by atoms with van der Waals surface area (Å²) in [5, 5.41) is 10.1. The first-order valence-corrected chi connectivity index (χ1v) is 14.8. The Morgan fingerprint density at radius 3 is 1.89 bits per heavy atom.